The highest BCUT2D eigenvalue weighted by atomic mass is 16.6. The van der Waals surface area contributed by atoms with Gasteiger partial charge in [-0.15, -0.1) is 0 Å². The average molecular weight is 567 g/mol. The van der Waals surface area contributed by atoms with E-state index < -0.39 is 48.0 Å². The molecule has 214 valence electrons. The van der Waals surface area contributed by atoms with Gasteiger partial charge in [-0.05, 0) is 49.6 Å². The number of hydrogen-bond acceptors (Lipinski definition) is 6. The van der Waals surface area contributed by atoms with Gasteiger partial charge in [0.25, 0.3) is 17.6 Å². The van der Waals surface area contributed by atoms with Gasteiger partial charge < -0.3 is 20.3 Å². The number of ether oxygens (including phenoxy) is 2. The Morgan fingerprint density at radius 1 is 0.905 bits per heavy atom. The van der Waals surface area contributed by atoms with Gasteiger partial charge in [-0.3, -0.25) is 19.3 Å². The molecule has 0 aromatic heterocycles. The molecule has 2 amide bonds. The SMILES string of the molecule is CC(C)=C(C(=O)OC(c1ccccc1)c1ccccc1)N1C(=O)[C@H](NC(=O)c2ccccc2)[C@H]1O[C@@H](C)C(=O)C=[N+]=[N-]. The van der Waals surface area contributed by atoms with Crippen molar-refractivity contribution in [2.75, 3.05) is 0 Å². The fourth-order valence-corrected chi connectivity index (χ4v) is 4.52. The number of hydrogen-bond donors (Lipinski definition) is 1. The van der Waals surface area contributed by atoms with Crippen molar-refractivity contribution < 1.29 is 33.4 Å². The molecule has 1 heterocycles. The van der Waals surface area contributed by atoms with Crippen LogP contribution >= 0.6 is 0 Å². The maximum Gasteiger partial charge on any atom is 0.356 e. The second-order valence-corrected chi connectivity index (χ2v) is 9.80. The van der Waals surface area contributed by atoms with Gasteiger partial charge in [-0.2, -0.15) is 4.79 Å². The molecule has 10 heteroatoms. The van der Waals surface area contributed by atoms with Crippen molar-refractivity contribution in [3.63, 3.8) is 0 Å². The van der Waals surface area contributed by atoms with Crippen molar-refractivity contribution >= 4 is 29.8 Å². The van der Waals surface area contributed by atoms with Gasteiger partial charge in [0.05, 0.1) is 0 Å². The Hall–Kier alpha value is -5.18. The summed E-state index contributed by atoms with van der Waals surface area (Å²) in [5.41, 5.74) is 10.9. The molecule has 0 unspecified atom stereocenters. The predicted octanol–water partition coefficient (Wildman–Crippen LogP) is 3.85. The summed E-state index contributed by atoms with van der Waals surface area (Å²) < 4.78 is 11.9. The van der Waals surface area contributed by atoms with Crippen molar-refractivity contribution in [2.24, 2.45) is 0 Å². The zero-order valence-corrected chi connectivity index (χ0v) is 23.3. The van der Waals surface area contributed by atoms with Crippen LogP contribution in [0, 0.1) is 0 Å². The van der Waals surface area contributed by atoms with Gasteiger partial charge in [0, 0.05) is 5.56 Å². The maximum atomic E-state index is 13.8. The average Bonchev–Trinajstić information content (AvgIpc) is 3.01. The summed E-state index contributed by atoms with van der Waals surface area (Å²) in [4.78, 5) is 56.4. The molecule has 1 fully saturated rings. The molecule has 3 atom stereocenters. The first-order chi connectivity index (χ1) is 20.2. The number of carbonyl (C=O) groups is 4. The van der Waals surface area contributed by atoms with E-state index in [1.807, 2.05) is 60.7 Å². The number of ketones is 1. The summed E-state index contributed by atoms with van der Waals surface area (Å²) in [6.07, 6.45) is -2.51. The molecule has 3 aromatic carbocycles. The number of allylic oxidation sites excluding steroid dienone is 1. The number of esters is 1. The highest BCUT2D eigenvalue weighted by Crippen LogP contribution is 2.33. The van der Waals surface area contributed by atoms with Crippen molar-refractivity contribution in [3.05, 3.63) is 124 Å². The van der Waals surface area contributed by atoms with Crippen LogP contribution in [0.15, 0.2) is 102 Å². The third-order valence-corrected chi connectivity index (χ3v) is 6.63. The normalized spacial score (nSPS) is 16.5. The summed E-state index contributed by atoms with van der Waals surface area (Å²) in [5, 5.41) is 2.64. The molecule has 42 heavy (non-hydrogen) atoms. The van der Waals surface area contributed by atoms with E-state index in [2.05, 4.69) is 10.1 Å². The summed E-state index contributed by atoms with van der Waals surface area (Å²) in [6, 6.07) is 25.4. The predicted molar refractivity (Wildman–Crippen MR) is 153 cm³/mol. The lowest BCUT2D eigenvalue weighted by molar-refractivity contribution is -0.189. The lowest BCUT2D eigenvalue weighted by Gasteiger charge is -2.47. The second-order valence-electron chi connectivity index (χ2n) is 9.80. The molecule has 1 N–H and O–H groups in total. The number of nitrogens with zero attached hydrogens (tertiary/aromatic N) is 3. The first kappa shape index (κ1) is 29.8. The molecule has 0 aliphatic carbocycles. The van der Waals surface area contributed by atoms with E-state index in [0.717, 1.165) is 16.0 Å². The first-order valence-electron chi connectivity index (χ1n) is 13.3. The minimum absolute atomic E-state index is 0.0810. The van der Waals surface area contributed by atoms with E-state index in [9.17, 15) is 19.2 Å². The summed E-state index contributed by atoms with van der Waals surface area (Å²) >= 11 is 0. The van der Waals surface area contributed by atoms with Gasteiger partial charge in [-0.1, -0.05) is 78.9 Å². The van der Waals surface area contributed by atoms with Gasteiger partial charge >= 0.3 is 12.2 Å². The molecule has 10 nitrogen and oxygen atoms in total. The Kier molecular flexibility index (Phi) is 9.54. The van der Waals surface area contributed by atoms with E-state index in [1.54, 1.807) is 44.2 Å². The summed E-state index contributed by atoms with van der Waals surface area (Å²) in [7, 11) is 0. The Bertz CT molecular complexity index is 1490. The molecule has 0 bridgehead atoms. The summed E-state index contributed by atoms with van der Waals surface area (Å²) in [6.45, 7) is 4.69. The molecule has 1 saturated heterocycles. The zero-order chi connectivity index (χ0) is 30.2. The van der Waals surface area contributed by atoms with Crippen molar-refractivity contribution in [2.45, 2.75) is 45.2 Å². The van der Waals surface area contributed by atoms with E-state index in [4.69, 9.17) is 15.0 Å². The number of amides is 2. The number of nitrogens with one attached hydrogen (secondary N) is 1. The maximum absolute atomic E-state index is 13.8. The standard InChI is InChI=1S/C32H30N4O6/c1-20(2)27(32(40)42-28(22-13-7-4-8-14-22)23-15-9-5-10-16-23)36-30(39)26(31(36)41-21(3)25(37)19-34-33)35-29(38)24-17-11-6-12-18-24/h4-19,21,26,28,31H,1-3H3,(H,35,38)/t21-,26-,31+/m0/s1. The van der Waals surface area contributed by atoms with E-state index in [1.165, 1.54) is 6.92 Å². The quantitative estimate of drug-likeness (QED) is 0.0934. The summed E-state index contributed by atoms with van der Waals surface area (Å²) in [5.74, 6) is -2.63. The molecule has 0 radical (unpaired) electrons. The third kappa shape index (κ3) is 6.58. The molecule has 0 saturated carbocycles. The van der Waals surface area contributed by atoms with Crippen LogP contribution in [-0.4, -0.2) is 57.8 Å². The van der Waals surface area contributed by atoms with Crippen LogP contribution in [0.1, 0.15) is 48.4 Å². The van der Waals surface area contributed by atoms with Crippen LogP contribution in [0.2, 0.25) is 0 Å². The van der Waals surface area contributed by atoms with Crippen molar-refractivity contribution in [1.29, 1.82) is 0 Å². The monoisotopic (exact) mass is 566 g/mol. The van der Waals surface area contributed by atoms with E-state index in [-0.39, 0.29) is 5.70 Å². The number of carbonyl (C=O) groups excluding carboxylic acids is 4. The van der Waals surface area contributed by atoms with Crippen LogP contribution in [0.25, 0.3) is 5.53 Å². The van der Waals surface area contributed by atoms with Crippen LogP contribution in [0.3, 0.4) is 0 Å². The topological polar surface area (TPSA) is 138 Å². The zero-order valence-electron chi connectivity index (χ0n) is 23.3. The van der Waals surface area contributed by atoms with Crippen molar-refractivity contribution in [1.82, 2.24) is 10.2 Å². The minimum Gasteiger partial charge on any atom is -0.448 e. The minimum atomic E-state index is -1.24. The van der Waals surface area contributed by atoms with Gasteiger partial charge in [-0.25, -0.2) is 4.79 Å². The molecule has 4 rings (SSSR count). The van der Waals surface area contributed by atoms with Gasteiger partial charge in [0.2, 0.25) is 0 Å². The highest BCUT2D eigenvalue weighted by Gasteiger charge is 2.54. The molecular formula is C32H30N4O6. The number of rotatable bonds is 11. The van der Waals surface area contributed by atoms with E-state index in [0.29, 0.717) is 17.4 Å². The smallest absolute Gasteiger partial charge is 0.356 e. The Morgan fingerprint density at radius 3 is 1.93 bits per heavy atom. The number of likely N-dealkylation sites (tertiary alicyclic amines) is 1. The van der Waals surface area contributed by atoms with Crippen LogP contribution in [0.4, 0.5) is 0 Å². The first-order valence-corrected chi connectivity index (χ1v) is 13.3. The van der Waals surface area contributed by atoms with Gasteiger partial charge in [0.15, 0.2) is 18.4 Å². The fourth-order valence-electron chi connectivity index (χ4n) is 4.52. The Balaban J connectivity index is 1.65. The fraction of sp³-hybridized carbons (Fsp3) is 0.219. The lowest BCUT2D eigenvalue weighted by Crippen LogP contribution is -2.72. The molecule has 1 aliphatic rings. The third-order valence-electron chi connectivity index (χ3n) is 6.63. The molecule has 3 aromatic rings. The molecule has 0 spiro atoms. The number of β-lactam (4-membered cyclic amide) rings is 1. The largest absolute Gasteiger partial charge is 0.448 e. The van der Waals surface area contributed by atoms with Crippen LogP contribution in [0.5, 0.6) is 0 Å². The van der Waals surface area contributed by atoms with E-state index >= 15 is 0 Å². The molecular weight excluding hydrogens is 536 g/mol. The van der Waals surface area contributed by atoms with Crippen LogP contribution < -0.4 is 5.32 Å². The van der Waals surface area contributed by atoms with Crippen LogP contribution in [-0.2, 0) is 23.9 Å². The molecule has 1 aliphatic heterocycles. The number of Topliss-reactive ketones (excluding diaryl/α,β-unsaturated/α-hetero) is 1. The lowest BCUT2D eigenvalue weighted by atomic mass is 9.99. The Labute approximate surface area is 243 Å². The highest BCUT2D eigenvalue weighted by molar-refractivity contribution is 6.27. The van der Waals surface area contributed by atoms with Crippen molar-refractivity contribution in [3.8, 4) is 0 Å². The Morgan fingerprint density at radius 2 is 1.43 bits per heavy atom. The number of benzene rings is 3. The van der Waals surface area contributed by atoms with Gasteiger partial charge in [0.1, 0.15) is 11.8 Å². The second kappa shape index (κ2) is 13.5.